The lowest BCUT2D eigenvalue weighted by atomic mass is 9.53. The van der Waals surface area contributed by atoms with Gasteiger partial charge in [0.15, 0.2) is 0 Å². The van der Waals surface area contributed by atoms with E-state index in [4.69, 9.17) is 11.5 Å². The van der Waals surface area contributed by atoms with E-state index in [0.29, 0.717) is 12.3 Å². The number of nitrogens with zero attached hydrogens (tertiary/aromatic N) is 1. The van der Waals surface area contributed by atoms with Crippen LogP contribution in [0.3, 0.4) is 0 Å². The molecule has 2 rings (SSSR count). The van der Waals surface area contributed by atoms with Crippen molar-refractivity contribution in [2.24, 2.45) is 17.3 Å². The van der Waals surface area contributed by atoms with Gasteiger partial charge in [-0.3, -0.25) is 14.9 Å². The molecule has 0 aromatic heterocycles. The number of hydrogen-bond acceptors (Lipinski definition) is 3. The van der Waals surface area contributed by atoms with E-state index in [1.165, 1.54) is 0 Å². The first kappa shape index (κ1) is 11.6. The third-order valence-corrected chi connectivity index (χ3v) is 3.88. The Morgan fingerprint density at radius 3 is 3.00 bits per heavy atom. The van der Waals surface area contributed by atoms with Gasteiger partial charge >= 0.3 is 5.97 Å². The molecule has 3 atom stereocenters. The van der Waals surface area contributed by atoms with Gasteiger partial charge in [0.1, 0.15) is 0 Å². The standard InChI is InChI=1S/C12H13NO4/c1-2-8-3-9-5-12(6-11(14)15,7-13(16)17)10(9)4-8/h1,4,9-10H,3,5-7H2,(H,14,15)/t9-,10+,12+/m0/s1. The van der Waals surface area contributed by atoms with E-state index < -0.39 is 16.3 Å². The van der Waals surface area contributed by atoms with Gasteiger partial charge in [-0.25, -0.2) is 0 Å². The van der Waals surface area contributed by atoms with Gasteiger partial charge in [0.25, 0.3) is 0 Å². The summed E-state index contributed by atoms with van der Waals surface area (Å²) in [6, 6.07) is 0. The first-order valence-corrected chi connectivity index (χ1v) is 5.48. The Bertz CT molecular complexity index is 430. The lowest BCUT2D eigenvalue weighted by Gasteiger charge is -2.48. The molecule has 0 aromatic rings. The molecule has 0 bridgehead atoms. The second kappa shape index (κ2) is 3.88. The summed E-state index contributed by atoms with van der Waals surface area (Å²) < 4.78 is 0. The van der Waals surface area contributed by atoms with Gasteiger partial charge in [-0.2, -0.15) is 0 Å². The number of hydrogen-bond donors (Lipinski definition) is 1. The molecule has 1 N–H and O–H groups in total. The van der Waals surface area contributed by atoms with Crippen molar-refractivity contribution in [1.29, 1.82) is 0 Å². The van der Waals surface area contributed by atoms with Crippen molar-refractivity contribution in [3.63, 3.8) is 0 Å². The third-order valence-electron chi connectivity index (χ3n) is 3.88. The molecule has 5 heteroatoms. The minimum atomic E-state index is -0.979. The summed E-state index contributed by atoms with van der Waals surface area (Å²) in [4.78, 5) is 21.1. The summed E-state index contributed by atoms with van der Waals surface area (Å²) in [7, 11) is 0. The van der Waals surface area contributed by atoms with E-state index in [9.17, 15) is 14.9 Å². The van der Waals surface area contributed by atoms with E-state index >= 15 is 0 Å². The van der Waals surface area contributed by atoms with Crippen molar-refractivity contribution < 1.29 is 14.8 Å². The number of fused-ring (bicyclic) bond motifs is 1. The van der Waals surface area contributed by atoms with Crippen LogP contribution in [0.2, 0.25) is 0 Å². The fourth-order valence-corrected chi connectivity index (χ4v) is 3.29. The topological polar surface area (TPSA) is 80.4 Å². The summed E-state index contributed by atoms with van der Waals surface area (Å²) in [5.74, 6) is 1.85. The molecule has 2 aliphatic rings. The second-order valence-corrected chi connectivity index (χ2v) is 4.95. The van der Waals surface area contributed by atoms with Crippen LogP contribution in [0, 0.1) is 39.7 Å². The molecule has 0 radical (unpaired) electrons. The number of carboxylic acid groups (broad SMARTS) is 1. The number of carboxylic acids is 1. The first-order valence-electron chi connectivity index (χ1n) is 5.48. The number of carbonyl (C=O) groups is 1. The Hall–Kier alpha value is -1.83. The van der Waals surface area contributed by atoms with Crippen molar-refractivity contribution >= 4 is 5.97 Å². The predicted octanol–water partition coefficient (Wildman–Crippen LogP) is 1.32. The second-order valence-electron chi connectivity index (χ2n) is 4.95. The minimum absolute atomic E-state index is 0.0324. The van der Waals surface area contributed by atoms with E-state index in [1.807, 2.05) is 6.08 Å². The largest absolute Gasteiger partial charge is 0.481 e. The van der Waals surface area contributed by atoms with Crippen molar-refractivity contribution in [3.8, 4) is 12.3 Å². The molecular formula is C12H13NO4. The summed E-state index contributed by atoms with van der Waals surface area (Å²) in [6.07, 6.45) is 8.38. The highest BCUT2D eigenvalue weighted by Gasteiger charge is 2.58. The van der Waals surface area contributed by atoms with Crippen LogP contribution in [0.5, 0.6) is 0 Å². The van der Waals surface area contributed by atoms with Crippen LogP contribution in [0.25, 0.3) is 0 Å². The summed E-state index contributed by atoms with van der Waals surface area (Å²) in [5.41, 5.74) is 0.133. The van der Waals surface area contributed by atoms with E-state index in [2.05, 4.69) is 5.92 Å². The first-order chi connectivity index (χ1) is 7.97. The lowest BCUT2D eigenvalue weighted by Crippen LogP contribution is -2.50. The zero-order valence-corrected chi connectivity index (χ0v) is 9.26. The molecule has 0 unspecified atom stereocenters. The zero-order valence-electron chi connectivity index (χ0n) is 9.26. The molecule has 90 valence electrons. The van der Waals surface area contributed by atoms with Crippen molar-refractivity contribution in [1.82, 2.24) is 0 Å². The highest BCUT2D eigenvalue weighted by Crippen LogP contribution is 2.59. The minimum Gasteiger partial charge on any atom is -0.481 e. The van der Waals surface area contributed by atoms with Crippen molar-refractivity contribution in [2.45, 2.75) is 19.3 Å². The van der Waals surface area contributed by atoms with Crippen LogP contribution in [-0.4, -0.2) is 22.5 Å². The molecule has 0 aliphatic heterocycles. The molecule has 0 heterocycles. The smallest absolute Gasteiger partial charge is 0.304 e. The highest BCUT2D eigenvalue weighted by atomic mass is 16.6. The van der Waals surface area contributed by atoms with Gasteiger partial charge in [-0.15, -0.1) is 6.42 Å². The number of rotatable bonds is 4. The number of aliphatic carboxylic acids is 1. The summed E-state index contributed by atoms with van der Waals surface area (Å²) in [6.45, 7) is -0.283. The Labute approximate surface area is 98.7 Å². The lowest BCUT2D eigenvalue weighted by molar-refractivity contribution is -0.505. The maximum absolute atomic E-state index is 10.8. The SMILES string of the molecule is C#CC1=C[C@@H]2[C@@H](C1)C[C@@]2(CC(=O)O)C[N+](=O)[O-]. The highest BCUT2D eigenvalue weighted by molar-refractivity contribution is 5.68. The monoisotopic (exact) mass is 235 g/mol. The van der Waals surface area contributed by atoms with Gasteiger partial charge in [-0.1, -0.05) is 12.0 Å². The van der Waals surface area contributed by atoms with Crippen LogP contribution in [-0.2, 0) is 4.79 Å². The normalized spacial score (nSPS) is 34.2. The maximum atomic E-state index is 10.8. The molecular weight excluding hydrogens is 222 g/mol. The Morgan fingerprint density at radius 1 is 1.76 bits per heavy atom. The molecule has 0 amide bonds. The van der Waals surface area contributed by atoms with Gasteiger partial charge in [0, 0.05) is 4.92 Å². The average molecular weight is 235 g/mol. The quantitative estimate of drug-likeness (QED) is 0.452. The van der Waals surface area contributed by atoms with Crippen LogP contribution in [0.15, 0.2) is 11.6 Å². The number of terminal acetylenes is 1. The molecule has 1 fully saturated rings. The van der Waals surface area contributed by atoms with E-state index in [-0.39, 0.29) is 18.9 Å². The molecule has 0 spiro atoms. The Morgan fingerprint density at radius 2 is 2.47 bits per heavy atom. The van der Waals surface area contributed by atoms with Crippen molar-refractivity contribution in [2.75, 3.05) is 6.54 Å². The van der Waals surface area contributed by atoms with Crippen LogP contribution >= 0.6 is 0 Å². The van der Waals surface area contributed by atoms with E-state index in [1.54, 1.807) is 0 Å². The van der Waals surface area contributed by atoms with Crippen molar-refractivity contribution in [3.05, 3.63) is 21.8 Å². The summed E-state index contributed by atoms with van der Waals surface area (Å²) >= 11 is 0. The molecule has 1 saturated carbocycles. The fraction of sp³-hybridized carbons (Fsp3) is 0.583. The predicted molar refractivity (Wildman–Crippen MR) is 59.7 cm³/mol. The Kier molecular flexibility index (Phi) is 2.66. The van der Waals surface area contributed by atoms with Crippen LogP contribution in [0.1, 0.15) is 19.3 Å². The van der Waals surface area contributed by atoms with Gasteiger partial charge < -0.3 is 5.11 Å². The molecule has 2 aliphatic carbocycles. The third kappa shape index (κ3) is 1.91. The summed E-state index contributed by atoms with van der Waals surface area (Å²) in [5, 5.41) is 19.6. The number of nitro groups is 1. The van der Waals surface area contributed by atoms with E-state index in [0.717, 1.165) is 12.0 Å². The average Bonchev–Trinajstić information content (AvgIpc) is 2.54. The molecule has 0 saturated heterocycles. The molecule has 0 aromatic carbocycles. The van der Waals surface area contributed by atoms with Gasteiger partial charge in [0.2, 0.25) is 6.54 Å². The van der Waals surface area contributed by atoms with Gasteiger partial charge in [0.05, 0.1) is 11.8 Å². The van der Waals surface area contributed by atoms with Crippen LogP contribution in [0.4, 0.5) is 0 Å². The molecule has 17 heavy (non-hydrogen) atoms. The Balaban J connectivity index is 2.20. The fourth-order valence-electron chi connectivity index (χ4n) is 3.29. The number of allylic oxidation sites excluding steroid dienone is 2. The maximum Gasteiger partial charge on any atom is 0.304 e. The molecule has 5 nitrogen and oxygen atoms in total. The van der Waals surface area contributed by atoms with Crippen LogP contribution < -0.4 is 0 Å². The zero-order chi connectivity index (χ0) is 12.6. The van der Waals surface area contributed by atoms with Gasteiger partial charge in [-0.05, 0) is 30.3 Å².